The number of aromatic nitrogens is 2. The van der Waals surface area contributed by atoms with Gasteiger partial charge in [0.25, 0.3) is 0 Å². The molecule has 3 unspecified atom stereocenters. The summed E-state index contributed by atoms with van der Waals surface area (Å²) in [6, 6.07) is 11.9. The van der Waals surface area contributed by atoms with E-state index in [1.54, 1.807) is 17.4 Å². The van der Waals surface area contributed by atoms with Crippen molar-refractivity contribution in [2.75, 3.05) is 13.2 Å². The second-order valence-electron chi connectivity index (χ2n) is 8.98. The molecule has 2 saturated heterocycles. The molecule has 6 rings (SSSR count). The smallest absolute Gasteiger partial charge is 0.220 e. The van der Waals surface area contributed by atoms with E-state index in [-0.39, 0.29) is 42.2 Å². The number of primary amides is 1. The molecule has 0 bridgehead atoms. The summed E-state index contributed by atoms with van der Waals surface area (Å²) in [5, 5.41) is 3.42. The van der Waals surface area contributed by atoms with Gasteiger partial charge in [-0.05, 0) is 67.6 Å². The van der Waals surface area contributed by atoms with Gasteiger partial charge in [-0.15, -0.1) is 12.4 Å². The van der Waals surface area contributed by atoms with E-state index in [2.05, 4.69) is 11.4 Å². The predicted molar refractivity (Wildman–Crippen MR) is 134 cm³/mol. The van der Waals surface area contributed by atoms with Gasteiger partial charge in [0.2, 0.25) is 5.91 Å². The number of nitrogens with two attached hydrogens (primary N) is 1. The van der Waals surface area contributed by atoms with Crippen molar-refractivity contribution in [1.29, 1.82) is 0 Å². The van der Waals surface area contributed by atoms with Gasteiger partial charge in [0.1, 0.15) is 5.82 Å². The van der Waals surface area contributed by atoms with Crippen LogP contribution in [-0.4, -0.2) is 28.4 Å². The van der Waals surface area contributed by atoms with Crippen LogP contribution in [0.25, 0.3) is 26.4 Å². The Balaban J connectivity index is 0.00000241. The highest BCUT2D eigenvalue weighted by molar-refractivity contribution is 7.23. The fraction of sp³-hybridized carbons (Fsp3) is 0.360. The van der Waals surface area contributed by atoms with Gasteiger partial charge in [-0.2, -0.15) is 0 Å². The largest absolute Gasteiger partial charge is 0.373 e. The first-order valence-electron chi connectivity index (χ1n) is 11.4. The molecule has 2 aliphatic heterocycles. The van der Waals surface area contributed by atoms with Crippen molar-refractivity contribution >= 4 is 44.8 Å². The van der Waals surface area contributed by atoms with Gasteiger partial charge in [0.05, 0.1) is 22.0 Å². The molecule has 6 nitrogen and oxygen atoms in total. The van der Waals surface area contributed by atoms with Gasteiger partial charge in [-0.25, -0.2) is 9.37 Å². The minimum absolute atomic E-state index is 0. The molecule has 34 heavy (non-hydrogen) atoms. The number of thiazole rings is 1. The summed E-state index contributed by atoms with van der Waals surface area (Å²) in [6.45, 7) is 1.52. The zero-order valence-electron chi connectivity index (χ0n) is 18.5. The minimum Gasteiger partial charge on any atom is -0.373 e. The fourth-order valence-electron chi connectivity index (χ4n) is 5.06. The maximum Gasteiger partial charge on any atom is 0.220 e. The molecular formula is C25H26ClFN4O2S. The predicted octanol–water partition coefficient (Wildman–Crippen LogP) is 5.15. The summed E-state index contributed by atoms with van der Waals surface area (Å²) in [7, 11) is 0. The van der Waals surface area contributed by atoms with Crippen LogP contribution in [-0.2, 0) is 9.53 Å². The van der Waals surface area contributed by atoms with Gasteiger partial charge < -0.3 is 15.8 Å². The molecule has 2 fully saturated rings. The van der Waals surface area contributed by atoms with Crippen LogP contribution in [0.3, 0.4) is 0 Å². The Hall–Kier alpha value is -2.52. The third-order valence-corrected chi connectivity index (χ3v) is 7.93. The van der Waals surface area contributed by atoms with Crippen LogP contribution in [0.1, 0.15) is 49.0 Å². The van der Waals surface area contributed by atoms with Crippen molar-refractivity contribution in [2.45, 2.75) is 37.8 Å². The molecule has 0 saturated carbocycles. The SMILES string of the molecule is Cl.NC(=O)C1CCOC(c2ccc3c(c2)sc2nc(-c4ccc(C5CCCN5)cc4F)cn23)C1. The third-order valence-electron chi connectivity index (χ3n) is 6.91. The summed E-state index contributed by atoms with van der Waals surface area (Å²) < 4.78 is 24.0. The molecule has 2 aromatic heterocycles. The van der Waals surface area contributed by atoms with Crippen LogP contribution in [0.2, 0.25) is 0 Å². The average Bonchev–Trinajstić information content (AvgIpc) is 3.55. The second kappa shape index (κ2) is 9.26. The molecule has 9 heteroatoms. The number of nitrogens with zero attached hydrogens (tertiary/aromatic N) is 2. The van der Waals surface area contributed by atoms with Crippen LogP contribution < -0.4 is 11.1 Å². The van der Waals surface area contributed by atoms with E-state index in [0.29, 0.717) is 30.7 Å². The lowest BCUT2D eigenvalue weighted by atomic mass is 9.91. The lowest BCUT2D eigenvalue weighted by Gasteiger charge is -2.28. The van der Waals surface area contributed by atoms with Crippen molar-refractivity contribution in [3.8, 4) is 11.3 Å². The minimum atomic E-state index is -0.258. The molecule has 4 heterocycles. The zero-order valence-corrected chi connectivity index (χ0v) is 20.1. The van der Waals surface area contributed by atoms with Crippen LogP contribution in [0.15, 0.2) is 42.6 Å². The average molecular weight is 501 g/mol. The van der Waals surface area contributed by atoms with Crippen LogP contribution in [0.5, 0.6) is 0 Å². The Bertz CT molecular complexity index is 1360. The van der Waals surface area contributed by atoms with E-state index in [1.807, 2.05) is 34.9 Å². The van der Waals surface area contributed by atoms with E-state index in [4.69, 9.17) is 15.5 Å². The third kappa shape index (κ3) is 4.09. The number of benzene rings is 2. The van der Waals surface area contributed by atoms with Crippen molar-refractivity contribution in [3.05, 3.63) is 59.5 Å². The summed E-state index contributed by atoms with van der Waals surface area (Å²) in [6.07, 6.45) is 5.23. The monoisotopic (exact) mass is 500 g/mol. The first-order chi connectivity index (χ1) is 16.1. The van der Waals surface area contributed by atoms with E-state index in [9.17, 15) is 9.18 Å². The molecule has 178 valence electrons. The number of carbonyl (C=O) groups excluding carboxylic acids is 1. The molecule has 3 N–H and O–H groups in total. The number of ether oxygens (including phenoxy) is 1. The van der Waals surface area contributed by atoms with E-state index in [0.717, 1.165) is 45.7 Å². The number of halogens is 2. The van der Waals surface area contributed by atoms with E-state index in [1.165, 1.54) is 0 Å². The molecule has 0 radical (unpaired) electrons. The van der Waals surface area contributed by atoms with E-state index < -0.39 is 0 Å². The quantitative estimate of drug-likeness (QED) is 0.406. The van der Waals surface area contributed by atoms with Crippen molar-refractivity contribution in [2.24, 2.45) is 11.7 Å². The Morgan fingerprint density at radius 1 is 1.21 bits per heavy atom. The number of amides is 1. The number of fused-ring (bicyclic) bond motifs is 3. The molecule has 3 atom stereocenters. The maximum absolute atomic E-state index is 15.0. The van der Waals surface area contributed by atoms with Gasteiger partial charge in [-0.1, -0.05) is 23.5 Å². The van der Waals surface area contributed by atoms with Crippen LogP contribution in [0, 0.1) is 11.7 Å². The van der Waals surface area contributed by atoms with Crippen molar-refractivity contribution < 1.29 is 13.9 Å². The Morgan fingerprint density at radius 3 is 2.82 bits per heavy atom. The van der Waals surface area contributed by atoms with Crippen molar-refractivity contribution in [3.63, 3.8) is 0 Å². The highest BCUT2D eigenvalue weighted by Crippen LogP contribution is 2.36. The lowest BCUT2D eigenvalue weighted by molar-refractivity contribution is -0.126. The summed E-state index contributed by atoms with van der Waals surface area (Å²) in [4.78, 5) is 17.1. The number of rotatable bonds is 4. The van der Waals surface area contributed by atoms with Crippen LogP contribution in [0.4, 0.5) is 4.39 Å². The zero-order chi connectivity index (χ0) is 22.5. The first kappa shape index (κ1) is 23.2. The molecule has 0 spiro atoms. The fourth-order valence-corrected chi connectivity index (χ4v) is 6.12. The molecule has 2 aliphatic rings. The molecular weight excluding hydrogens is 475 g/mol. The summed E-state index contributed by atoms with van der Waals surface area (Å²) in [5.74, 6) is -0.642. The van der Waals surface area contributed by atoms with Gasteiger partial charge >= 0.3 is 0 Å². The van der Waals surface area contributed by atoms with Crippen molar-refractivity contribution in [1.82, 2.24) is 14.7 Å². The van der Waals surface area contributed by atoms with E-state index >= 15 is 0 Å². The van der Waals surface area contributed by atoms with Gasteiger partial charge in [0, 0.05) is 30.3 Å². The lowest BCUT2D eigenvalue weighted by Crippen LogP contribution is -2.30. The Kier molecular flexibility index (Phi) is 6.33. The first-order valence-corrected chi connectivity index (χ1v) is 12.2. The van der Waals surface area contributed by atoms with Gasteiger partial charge in [-0.3, -0.25) is 9.20 Å². The normalized spacial score (nSPS) is 22.8. The summed E-state index contributed by atoms with van der Waals surface area (Å²) >= 11 is 1.56. The highest BCUT2D eigenvalue weighted by Gasteiger charge is 2.28. The Morgan fingerprint density at radius 2 is 2.06 bits per heavy atom. The standard InChI is InChI=1S/C25H25FN4O2S.ClH/c26-18-10-14(19-2-1-8-28-19)3-5-17(18)20-13-30-21-6-4-15(12-23(21)33-25(30)29-20)22-11-16(24(27)31)7-9-32-22;/h3-6,10,12-13,16,19,22,28H,1-2,7-9,11H2,(H2,27,31);1H. The summed E-state index contributed by atoms with van der Waals surface area (Å²) in [5.41, 5.74) is 9.73. The highest BCUT2D eigenvalue weighted by atomic mass is 35.5. The number of carbonyl (C=O) groups is 1. The molecule has 2 aromatic carbocycles. The second-order valence-corrected chi connectivity index (χ2v) is 9.99. The maximum atomic E-state index is 15.0. The molecule has 4 aromatic rings. The molecule has 1 amide bonds. The number of hydrogen-bond donors (Lipinski definition) is 2. The van der Waals surface area contributed by atoms with Gasteiger partial charge in [0.15, 0.2) is 4.96 Å². The Labute approximate surface area is 206 Å². The number of hydrogen-bond acceptors (Lipinski definition) is 5. The number of nitrogens with one attached hydrogen (secondary N) is 1. The molecule has 0 aliphatic carbocycles. The van der Waals surface area contributed by atoms with Crippen LogP contribution >= 0.6 is 23.7 Å². The number of imidazole rings is 1. The topological polar surface area (TPSA) is 81.7 Å².